The Balaban J connectivity index is 2.17. The predicted molar refractivity (Wildman–Crippen MR) is 95.4 cm³/mol. The van der Waals surface area contributed by atoms with Crippen molar-refractivity contribution in [1.29, 1.82) is 5.26 Å². The van der Waals surface area contributed by atoms with Gasteiger partial charge in [0.2, 0.25) is 0 Å². The van der Waals surface area contributed by atoms with E-state index in [4.69, 9.17) is 33.2 Å². The van der Waals surface area contributed by atoms with Crippen molar-refractivity contribution in [2.75, 3.05) is 17.7 Å². The molecule has 0 saturated carbocycles. The number of anilines is 2. The van der Waals surface area contributed by atoms with Crippen LogP contribution in [0, 0.1) is 11.3 Å². The topological polar surface area (TPSA) is 74.1 Å². The molecule has 0 fully saturated rings. The minimum Gasteiger partial charge on any atom is -0.495 e. The van der Waals surface area contributed by atoms with E-state index in [2.05, 4.69) is 10.6 Å². The lowest BCUT2D eigenvalue weighted by Gasteiger charge is -2.10. The van der Waals surface area contributed by atoms with Gasteiger partial charge in [0, 0.05) is 18.0 Å². The van der Waals surface area contributed by atoms with Crippen molar-refractivity contribution in [2.45, 2.75) is 0 Å². The van der Waals surface area contributed by atoms with E-state index in [-0.39, 0.29) is 10.6 Å². The molecule has 0 saturated heterocycles. The predicted octanol–water partition coefficient (Wildman–Crippen LogP) is 4.46. The van der Waals surface area contributed by atoms with Crippen LogP contribution in [0.25, 0.3) is 0 Å². The molecular formula is C17H13Cl2N3O2. The number of rotatable bonds is 5. The first kappa shape index (κ1) is 17.7. The first-order valence-corrected chi connectivity index (χ1v) is 7.57. The number of nitriles is 1. The monoisotopic (exact) mass is 361 g/mol. The van der Waals surface area contributed by atoms with Gasteiger partial charge in [0.05, 0.1) is 22.8 Å². The van der Waals surface area contributed by atoms with E-state index in [0.29, 0.717) is 16.5 Å². The van der Waals surface area contributed by atoms with E-state index in [9.17, 15) is 4.79 Å². The fourth-order valence-corrected chi connectivity index (χ4v) is 2.32. The van der Waals surface area contributed by atoms with Gasteiger partial charge in [-0.2, -0.15) is 5.26 Å². The number of hydrogen-bond donors (Lipinski definition) is 2. The van der Waals surface area contributed by atoms with Gasteiger partial charge in [-0.3, -0.25) is 4.79 Å². The van der Waals surface area contributed by atoms with Crippen LogP contribution in [-0.2, 0) is 4.79 Å². The summed E-state index contributed by atoms with van der Waals surface area (Å²) in [6.45, 7) is 0. The lowest BCUT2D eigenvalue weighted by Crippen LogP contribution is -2.15. The Morgan fingerprint density at radius 2 is 1.92 bits per heavy atom. The number of benzene rings is 2. The van der Waals surface area contributed by atoms with Gasteiger partial charge in [0.1, 0.15) is 17.4 Å². The van der Waals surface area contributed by atoms with Crippen molar-refractivity contribution in [3.8, 4) is 11.8 Å². The second-order valence-corrected chi connectivity index (χ2v) is 5.42. The molecule has 0 unspecified atom stereocenters. The first-order chi connectivity index (χ1) is 11.5. The summed E-state index contributed by atoms with van der Waals surface area (Å²) in [5, 5.41) is 15.2. The van der Waals surface area contributed by atoms with Crippen LogP contribution < -0.4 is 15.4 Å². The molecular weight excluding hydrogens is 349 g/mol. The number of carbonyl (C=O) groups is 1. The number of nitrogens with one attached hydrogen (secondary N) is 2. The van der Waals surface area contributed by atoms with Crippen LogP contribution in [0.3, 0.4) is 0 Å². The molecule has 0 aliphatic rings. The van der Waals surface area contributed by atoms with Crippen molar-refractivity contribution in [1.82, 2.24) is 0 Å². The van der Waals surface area contributed by atoms with Gasteiger partial charge in [-0.05, 0) is 18.2 Å². The summed E-state index contributed by atoms with van der Waals surface area (Å²) in [5.41, 5.74) is 0.942. The van der Waals surface area contributed by atoms with Crippen molar-refractivity contribution in [2.24, 2.45) is 0 Å². The molecule has 2 N–H and O–H groups in total. The summed E-state index contributed by atoms with van der Waals surface area (Å²) in [6, 6.07) is 13.9. The summed E-state index contributed by atoms with van der Waals surface area (Å²) in [4.78, 5) is 12.2. The second kappa shape index (κ2) is 8.25. The highest BCUT2D eigenvalue weighted by atomic mass is 35.5. The van der Waals surface area contributed by atoms with Crippen molar-refractivity contribution < 1.29 is 9.53 Å². The fraction of sp³-hybridized carbons (Fsp3) is 0.0588. The zero-order valence-corrected chi connectivity index (χ0v) is 14.2. The number of halogens is 2. The summed E-state index contributed by atoms with van der Waals surface area (Å²) in [6.07, 6.45) is 1.33. The molecule has 2 rings (SSSR count). The summed E-state index contributed by atoms with van der Waals surface area (Å²) in [5.74, 6) is -0.242. The Hall–Kier alpha value is -2.68. The van der Waals surface area contributed by atoms with Crippen molar-refractivity contribution in [3.63, 3.8) is 0 Å². The molecule has 2 aromatic rings. The molecule has 122 valence electrons. The highest BCUT2D eigenvalue weighted by molar-refractivity contribution is 6.37. The van der Waals surface area contributed by atoms with Crippen LogP contribution in [0.1, 0.15) is 0 Å². The highest BCUT2D eigenvalue weighted by Gasteiger charge is 2.14. The number of nitrogens with zero attached hydrogens (tertiary/aromatic N) is 1. The maximum absolute atomic E-state index is 12.2. The average molecular weight is 362 g/mol. The van der Waals surface area contributed by atoms with Crippen LogP contribution in [0.4, 0.5) is 11.4 Å². The van der Waals surface area contributed by atoms with Gasteiger partial charge in [-0.25, -0.2) is 0 Å². The number of ether oxygens (including phenoxy) is 1. The molecule has 1 amide bonds. The fourth-order valence-electron chi connectivity index (χ4n) is 1.81. The number of carbonyl (C=O) groups excluding carboxylic acids is 1. The van der Waals surface area contributed by atoms with Gasteiger partial charge in [-0.1, -0.05) is 41.4 Å². The van der Waals surface area contributed by atoms with Crippen LogP contribution in [0.5, 0.6) is 5.75 Å². The normalized spacial score (nSPS) is 10.7. The summed E-state index contributed by atoms with van der Waals surface area (Å²) in [7, 11) is 1.45. The minimum absolute atomic E-state index is 0.108. The minimum atomic E-state index is -0.604. The van der Waals surface area contributed by atoms with Crippen molar-refractivity contribution >= 4 is 40.5 Å². The Bertz CT molecular complexity index is 815. The van der Waals surface area contributed by atoms with Gasteiger partial charge in [-0.15, -0.1) is 0 Å². The molecule has 0 bridgehead atoms. The van der Waals surface area contributed by atoms with Gasteiger partial charge in [0.15, 0.2) is 0 Å². The standard InChI is InChI=1S/C17H13Cl2N3O2/c1-24-16-8-15(13(18)7-14(16)19)22-17(23)11(9-20)10-21-12-5-3-2-4-6-12/h2-8,10,21H,1H3,(H,22,23). The number of methoxy groups -OCH3 is 1. The molecule has 0 spiro atoms. The Labute approximate surface area is 149 Å². The first-order valence-electron chi connectivity index (χ1n) is 6.81. The SMILES string of the molecule is COc1cc(NC(=O)C(C#N)=CNc2ccccc2)c(Cl)cc1Cl. The van der Waals surface area contributed by atoms with Crippen LogP contribution in [0.2, 0.25) is 10.0 Å². The molecule has 0 heterocycles. The zero-order chi connectivity index (χ0) is 17.5. The zero-order valence-electron chi connectivity index (χ0n) is 12.6. The van der Waals surface area contributed by atoms with Crippen LogP contribution >= 0.6 is 23.2 Å². The third-order valence-corrected chi connectivity index (χ3v) is 3.62. The molecule has 5 nitrogen and oxygen atoms in total. The molecule has 0 aromatic heterocycles. The highest BCUT2D eigenvalue weighted by Crippen LogP contribution is 2.34. The van der Waals surface area contributed by atoms with Gasteiger partial charge >= 0.3 is 0 Å². The molecule has 0 aliphatic heterocycles. The van der Waals surface area contributed by atoms with E-state index in [1.165, 1.54) is 25.4 Å². The molecule has 7 heteroatoms. The number of hydrogen-bond acceptors (Lipinski definition) is 4. The maximum Gasteiger partial charge on any atom is 0.267 e. The molecule has 0 atom stereocenters. The Morgan fingerprint density at radius 1 is 1.21 bits per heavy atom. The van der Waals surface area contributed by atoms with Crippen molar-refractivity contribution in [3.05, 3.63) is 64.3 Å². The average Bonchev–Trinajstić information content (AvgIpc) is 2.58. The quantitative estimate of drug-likeness (QED) is 0.608. The van der Waals surface area contributed by atoms with E-state index in [1.807, 2.05) is 36.4 Å². The van der Waals surface area contributed by atoms with E-state index < -0.39 is 5.91 Å². The molecule has 24 heavy (non-hydrogen) atoms. The lowest BCUT2D eigenvalue weighted by atomic mass is 10.2. The Morgan fingerprint density at radius 3 is 2.54 bits per heavy atom. The second-order valence-electron chi connectivity index (χ2n) is 4.60. The third kappa shape index (κ3) is 4.42. The van der Waals surface area contributed by atoms with E-state index in [1.54, 1.807) is 0 Å². The largest absolute Gasteiger partial charge is 0.495 e. The van der Waals surface area contributed by atoms with Gasteiger partial charge < -0.3 is 15.4 Å². The van der Waals surface area contributed by atoms with Gasteiger partial charge in [0.25, 0.3) is 5.91 Å². The van der Waals surface area contributed by atoms with E-state index >= 15 is 0 Å². The van der Waals surface area contributed by atoms with Crippen LogP contribution in [0.15, 0.2) is 54.2 Å². The number of amides is 1. The Kier molecular flexibility index (Phi) is 6.07. The molecule has 2 aromatic carbocycles. The maximum atomic E-state index is 12.2. The smallest absolute Gasteiger partial charge is 0.267 e. The third-order valence-electron chi connectivity index (χ3n) is 3.01. The van der Waals surface area contributed by atoms with E-state index in [0.717, 1.165) is 5.69 Å². The molecule has 0 aliphatic carbocycles. The van der Waals surface area contributed by atoms with Crippen LogP contribution in [-0.4, -0.2) is 13.0 Å². The summed E-state index contributed by atoms with van der Waals surface area (Å²) < 4.78 is 5.08. The lowest BCUT2D eigenvalue weighted by molar-refractivity contribution is -0.112. The number of para-hydroxylation sites is 1. The molecule has 0 radical (unpaired) electrons. The summed E-state index contributed by atoms with van der Waals surface area (Å²) >= 11 is 12.0.